The third kappa shape index (κ3) is 13.0. The summed E-state index contributed by atoms with van der Waals surface area (Å²) in [4.78, 5) is 0. The van der Waals surface area contributed by atoms with E-state index in [1.165, 1.54) is 20.7 Å². The van der Waals surface area contributed by atoms with E-state index in [1.807, 2.05) is 60.7 Å². The van der Waals surface area contributed by atoms with Gasteiger partial charge in [-0.1, -0.05) is 318 Å². The molecule has 8 aromatic rings. The quantitative estimate of drug-likeness (QED) is 0.0562. The molecule has 1 aliphatic carbocycles. The van der Waals surface area contributed by atoms with Gasteiger partial charge in [-0.3, -0.25) is 0 Å². The molecule has 0 aromatic heterocycles. The Hall–Kier alpha value is -6.04. The van der Waals surface area contributed by atoms with E-state index in [4.69, 9.17) is 24.6 Å². The van der Waals surface area contributed by atoms with Crippen molar-refractivity contribution in [2.75, 3.05) is 12.8 Å². The lowest BCUT2D eigenvalue weighted by Gasteiger charge is -2.52. The molecular weight excluding hydrogens is 1060 g/mol. The van der Waals surface area contributed by atoms with Crippen molar-refractivity contribution >= 4 is 74.5 Å². The first-order valence-electron chi connectivity index (χ1n) is 28.9. The Morgan fingerprint density at radius 3 is 1.22 bits per heavy atom. The van der Waals surface area contributed by atoms with Crippen LogP contribution < -0.4 is 41.7 Å². The van der Waals surface area contributed by atoms with E-state index in [0.717, 1.165) is 32.1 Å². The molecule has 418 valence electrons. The van der Waals surface area contributed by atoms with Crippen LogP contribution in [0.25, 0.3) is 0 Å². The minimum Gasteiger partial charge on any atom is -0.407 e. The molecule has 4 unspecified atom stereocenters. The molecule has 0 radical (unpaired) electrons. The number of benzene rings is 8. The van der Waals surface area contributed by atoms with E-state index in [9.17, 15) is 0 Å². The second-order valence-corrected chi connectivity index (χ2v) is 38.6. The average molecular weight is 1140 g/mol. The first-order valence-corrected chi connectivity index (χ1v) is 36.2. The van der Waals surface area contributed by atoms with E-state index < -0.39 is 51.1 Å². The SMILES string of the molecule is C=C1C(=CCP(=O)(c2ccccc2)c2ccccc2)CC(O[Si](c2ccccc2)(c2ccccc2)C(C)(C)C)C(OCCC(O[SiH](c2ccccc2)c2ccccc2)C(C)(C)C)C1O[Si](c1ccccc1)(c1ccccc1)C(C)(C)C. The fourth-order valence-electron chi connectivity index (χ4n) is 12.2. The van der Waals surface area contributed by atoms with Gasteiger partial charge in [-0.2, -0.15) is 0 Å². The molecule has 81 heavy (non-hydrogen) atoms. The number of allylic oxidation sites excluding steroid dienone is 1. The van der Waals surface area contributed by atoms with Gasteiger partial charge in [0.15, 0.2) is 0 Å². The second-order valence-electron chi connectivity index (χ2n) is 24.9. The molecule has 0 aliphatic heterocycles. The van der Waals surface area contributed by atoms with Crippen LogP contribution in [0.4, 0.5) is 0 Å². The lowest BCUT2D eigenvalue weighted by atomic mass is 9.83. The smallest absolute Gasteiger partial charge is 0.262 e. The van der Waals surface area contributed by atoms with Gasteiger partial charge in [-0.15, -0.1) is 0 Å². The van der Waals surface area contributed by atoms with Crippen LogP contribution in [-0.4, -0.2) is 62.9 Å². The first-order chi connectivity index (χ1) is 38.9. The lowest BCUT2D eigenvalue weighted by molar-refractivity contribution is -0.0925. The van der Waals surface area contributed by atoms with Gasteiger partial charge in [0.25, 0.3) is 16.6 Å². The Morgan fingerprint density at radius 1 is 0.519 bits per heavy atom. The van der Waals surface area contributed by atoms with Gasteiger partial charge in [0.05, 0.1) is 18.3 Å². The molecule has 9 heteroatoms. The minimum absolute atomic E-state index is 0.158. The Kier molecular flexibility index (Phi) is 18.8. The van der Waals surface area contributed by atoms with Gasteiger partial charge < -0.3 is 22.6 Å². The third-order valence-corrected chi connectivity index (χ3v) is 32.0. The predicted molar refractivity (Wildman–Crippen MR) is 349 cm³/mol. The number of hydrogen-bond acceptors (Lipinski definition) is 5. The monoisotopic (exact) mass is 1140 g/mol. The molecule has 0 N–H and O–H groups in total. The summed E-state index contributed by atoms with van der Waals surface area (Å²) >= 11 is 0. The predicted octanol–water partition coefficient (Wildman–Crippen LogP) is 12.5. The average Bonchev–Trinajstić information content (AvgIpc) is 3.03. The van der Waals surface area contributed by atoms with Gasteiger partial charge in [0, 0.05) is 29.8 Å². The minimum atomic E-state index is -3.34. The van der Waals surface area contributed by atoms with E-state index in [2.05, 4.69) is 250 Å². The highest BCUT2D eigenvalue weighted by molar-refractivity contribution is 7.78. The molecule has 9 rings (SSSR count). The van der Waals surface area contributed by atoms with E-state index in [1.54, 1.807) is 0 Å². The van der Waals surface area contributed by atoms with Gasteiger partial charge in [0.1, 0.15) is 13.2 Å². The third-order valence-electron chi connectivity index (χ3n) is 16.4. The highest BCUT2D eigenvalue weighted by Crippen LogP contribution is 2.48. The molecule has 1 saturated carbocycles. The fourth-order valence-corrected chi connectivity index (χ4v) is 26.8. The molecule has 0 amide bonds. The Morgan fingerprint density at radius 2 is 0.864 bits per heavy atom. The fraction of sp³-hybridized carbons (Fsp3) is 0.278. The number of ether oxygens (including phenoxy) is 1. The maximum atomic E-state index is 16.0. The van der Waals surface area contributed by atoms with Crippen LogP contribution in [-0.2, 0) is 22.6 Å². The van der Waals surface area contributed by atoms with Gasteiger partial charge in [-0.05, 0) is 64.2 Å². The summed E-state index contributed by atoms with van der Waals surface area (Å²) in [7, 11) is -12.0. The molecule has 1 aliphatic rings. The van der Waals surface area contributed by atoms with Crippen molar-refractivity contribution in [3.8, 4) is 0 Å². The van der Waals surface area contributed by atoms with Gasteiger partial charge in [-0.25, -0.2) is 0 Å². The van der Waals surface area contributed by atoms with Gasteiger partial charge >= 0.3 is 0 Å². The summed E-state index contributed by atoms with van der Waals surface area (Å²) in [6, 6.07) is 85.0. The van der Waals surface area contributed by atoms with Crippen molar-refractivity contribution in [1.29, 1.82) is 0 Å². The van der Waals surface area contributed by atoms with E-state index in [0.29, 0.717) is 19.4 Å². The van der Waals surface area contributed by atoms with E-state index >= 15 is 4.57 Å². The Balaban J connectivity index is 1.24. The molecule has 0 heterocycles. The maximum Gasteiger partial charge on any atom is 0.262 e. The van der Waals surface area contributed by atoms with E-state index in [-0.39, 0.29) is 27.8 Å². The summed E-state index contributed by atoms with van der Waals surface area (Å²) in [5.74, 6) is 0. The van der Waals surface area contributed by atoms with Crippen LogP contribution in [0.2, 0.25) is 10.1 Å². The zero-order valence-corrected chi connectivity index (χ0v) is 53.1. The zero-order chi connectivity index (χ0) is 57.3. The molecule has 0 bridgehead atoms. The van der Waals surface area contributed by atoms with Crippen molar-refractivity contribution in [2.24, 2.45) is 5.41 Å². The Labute approximate surface area is 488 Å². The van der Waals surface area contributed by atoms with Crippen LogP contribution in [0.1, 0.15) is 75.2 Å². The van der Waals surface area contributed by atoms with Crippen molar-refractivity contribution in [3.63, 3.8) is 0 Å². The topological polar surface area (TPSA) is 54.0 Å². The van der Waals surface area contributed by atoms with Crippen molar-refractivity contribution in [1.82, 2.24) is 0 Å². The summed E-state index contributed by atoms with van der Waals surface area (Å²) in [6.45, 7) is 26.3. The first kappa shape index (κ1) is 59.6. The number of hydrogen-bond donors (Lipinski definition) is 0. The molecule has 5 nitrogen and oxygen atoms in total. The van der Waals surface area contributed by atoms with Crippen molar-refractivity contribution in [3.05, 3.63) is 266 Å². The molecular formula is C72H83O5PSi3. The maximum absolute atomic E-state index is 16.0. The van der Waals surface area contributed by atoms with Crippen LogP contribution in [0.15, 0.2) is 266 Å². The van der Waals surface area contributed by atoms with Crippen LogP contribution in [0, 0.1) is 5.41 Å². The largest absolute Gasteiger partial charge is 0.407 e. The lowest BCUT2D eigenvalue weighted by Crippen LogP contribution is -2.71. The summed E-state index contributed by atoms with van der Waals surface area (Å²) in [5, 5.41) is 8.05. The number of rotatable bonds is 20. The van der Waals surface area contributed by atoms with Crippen molar-refractivity contribution in [2.45, 2.75) is 110 Å². The molecule has 1 fully saturated rings. The highest BCUT2D eigenvalue weighted by Gasteiger charge is 2.58. The Bertz CT molecular complexity index is 3170. The van der Waals surface area contributed by atoms with Crippen LogP contribution in [0.3, 0.4) is 0 Å². The summed E-state index contributed by atoms with van der Waals surface area (Å²) < 4.78 is 48.2. The standard InChI is InChI=1S/C72H83O5PSi3/c1-56-57(52-54-78(73,58-35-19-11-20-36-58)59-37-21-12-22-38-59)55-66(76-80(71(5,6)7,62-43-27-15-28-44-62)63-45-29-16-30-46-63)69(68(56)77-81(72(8,9)10,64-47-31-17-32-48-64)65-49-33-18-34-50-65)74-53-51-67(70(2,3)4)75-79(60-39-23-13-24-40-60)61-41-25-14-26-42-61/h11-50,52,66-69,79H,1,51,53-55H2,2-10H3. The normalized spacial score (nSPS) is 17.5. The van der Waals surface area contributed by atoms with Crippen LogP contribution in [0.5, 0.6) is 0 Å². The molecule has 0 saturated heterocycles. The molecule has 8 aromatic carbocycles. The summed E-state index contributed by atoms with van der Waals surface area (Å²) in [6.07, 6.45) is 1.56. The summed E-state index contributed by atoms with van der Waals surface area (Å²) in [5.41, 5.74) is 1.57. The zero-order valence-electron chi connectivity index (χ0n) is 49.1. The van der Waals surface area contributed by atoms with Crippen molar-refractivity contribution < 1.29 is 22.6 Å². The molecule has 4 atom stereocenters. The highest BCUT2D eigenvalue weighted by atomic mass is 31.2. The van der Waals surface area contributed by atoms with Gasteiger partial charge in [0.2, 0.25) is 9.04 Å². The van der Waals surface area contributed by atoms with Crippen LogP contribution >= 0.6 is 7.14 Å². The second kappa shape index (κ2) is 25.6. The molecule has 0 spiro atoms.